The van der Waals surface area contributed by atoms with Crippen molar-refractivity contribution in [2.24, 2.45) is 5.41 Å². The van der Waals surface area contributed by atoms with E-state index in [-0.39, 0.29) is 47.6 Å². The highest BCUT2D eigenvalue weighted by Gasteiger charge is 2.42. The predicted molar refractivity (Wildman–Crippen MR) is 119 cm³/mol. The topological polar surface area (TPSA) is 101 Å². The first-order valence-electron chi connectivity index (χ1n) is 11.5. The van der Waals surface area contributed by atoms with Gasteiger partial charge in [0.1, 0.15) is 11.5 Å². The van der Waals surface area contributed by atoms with E-state index in [2.05, 4.69) is 10.1 Å². The molecule has 9 nitrogen and oxygen atoms in total. The van der Waals surface area contributed by atoms with E-state index in [4.69, 9.17) is 9.15 Å². The fraction of sp³-hybridized carbons (Fsp3) is 0.458. The quantitative estimate of drug-likeness (QED) is 0.616. The molecule has 0 saturated carbocycles. The van der Waals surface area contributed by atoms with Gasteiger partial charge in [0.15, 0.2) is 12.4 Å². The number of ether oxygens (including phenoxy) is 2. The molecule has 1 N–H and O–H groups in total. The number of amides is 3. The number of alkyl halides is 3. The van der Waals surface area contributed by atoms with Crippen LogP contribution in [0.15, 0.2) is 47.1 Å². The summed E-state index contributed by atoms with van der Waals surface area (Å²) in [5.41, 5.74) is -0.0690. The molecule has 12 heteroatoms. The summed E-state index contributed by atoms with van der Waals surface area (Å²) in [6.45, 7) is 1.88. The number of carbonyl (C=O) groups excluding carboxylic acids is 3. The van der Waals surface area contributed by atoms with E-state index >= 15 is 0 Å². The number of likely N-dealkylation sites (tertiary alicyclic amines) is 2. The van der Waals surface area contributed by atoms with Crippen LogP contribution in [0, 0.1) is 5.41 Å². The summed E-state index contributed by atoms with van der Waals surface area (Å²) in [5.74, 6) is -0.783. The lowest BCUT2D eigenvalue weighted by atomic mass is 9.78. The Morgan fingerprint density at radius 3 is 2.19 bits per heavy atom. The van der Waals surface area contributed by atoms with E-state index < -0.39 is 12.3 Å². The third kappa shape index (κ3) is 6.49. The summed E-state index contributed by atoms with van der Waals surface area (Å²) in [7, 11) is 0. The zero-order chi connectivity index (χ0) is 25.8. The molecule has 2 fully saturated rings. The third-order valence-corrected chi connectivity index (χ3v) is 6.53. The highest BCUT2D eigenvalue weighted by molar-refractivity contribution is 5.94. The Balaban J connectivity index is 1.19. The fourth-order valence-electron chi connectivity index (χ4n) is 4.52. The first-order chi connectivity index (χ1) is 17.1. The van der Waals surface area contributed by atoms with Gasteiger partial charge in [-0.05, 0) is 61.1 Å². The standard InChI is InChI=1S/C24H26F3N3O6/c25-24(26,27)36-18-5-3-17(4-6-18)35-15-21(32)30-12-9-23(16-30)7-10-29(11-8-23)20(31)14-28-22(33)19-2-1-13-34-19/h1-6,13H,7-12,14-16H2,(H,28,33). The van der Waals surface area contributed by atoms with Crippen molar-refractivity contribution in [1.29, 1.82) is 0 Å². The molecule has 36 heavy (non-hydrogen) atoms. The van der Waals surface area contributed by atoms with Gasteiger partial charge in [0.2, 0.25) is 5.91 Å². The van der Waals surface area contributed by atoms with Gasteiger partial charge in [-0.3, -0.25) is 14.4 Å². The minimum atomic E-state index is -4.77. The molecule has 0 aliphatic carbocycles. The Morgan fingerprint density at radius 1 is 0.944 bits per heavy atom. The predicted octanol–water partition coefficient (Wildman–Crippen LogP) is 2.83. The van der Waals surface area contributed by atoms with Gasteiger partial charge in [0.25, 0.3) is 11.8 Å². The molecule has 3 amide bonds. The van der Waals surface area contributed by atoms with Gasteiger partial charge in [0, 0.05) is 26.2 Å². The number of benzene rings is 1. The van der Waals surface area contributed by atoms with Crippen molar-refractivity contribution < 1.29 is 41.4 Å². The number of hydrogen-bond acceptors (Lipinski definition) is 6. The van der Waals surface area contributed by atoms with Crippen LogP contribution in [-0.4, -0.2) is 73.2 Å². The summed E-state index contributed by atoms with van der Waals surface area (Å²) < 4.78 is 51.0. The Hall–Kier alpha value is -3.70. The van der Waals surface area contributed by atoms with Gasteiger partial charge >= 0.3 is 6.36 Å². The molecule has 0 unspecified atom stereocenters. The van der Waals surface area contributed by atoms with Crippen LogP contribution < -0.4 is 14.8 Å². The number of halogens is 3. The maximum Gasteiger partial charge on any atom is 0.573 e. The van der Waals surface area contributed by atoms with Crippen molar-refractivity contribution in [2.45, 2.75) is 25.6 Å². The molecule has 0 radical (unpaired) electrons. The van der Waals surface area contributed by atoms with Crippen LogP contribution in [0.2, 0.25) is 0 Å². The Labute approximate surface area is 205 Å². The molecule has 2 aromatic rings. The maximum atomic E-state index is 12.6. The average molecular weight is 509 g/mol. The molecule has 4 rings (SSSR count). The van der Waals surface area contributed by atoms with Crippen molar-refractivity contribution in [3.8, 4) is 11.5 Å². The molecule has 2 saturated heterocycles. The summed E-state index contributed by atoms with van der Waals surface area (Å²) in [5, 5.41) is 2.56. The van der Waals surface area contributed by atoms with Gasteiger partial charge in [0.05, 0.1) is 12.8 Å². The largest absolute Gasteiger partial charge is 0.573 e. The summed E-state index contributed by atoms with van der Waals surface area (Å²) in [6, 6.07) is 7.97. The lowest BCUT2D eigenvalue weighted by Gasteiger charge is -2.39. The van der Waals surface area contributed by atoms with Crippen LogP contribution in [0.3, 0.4) is 0 Å². The van der Waals surface area contributed by atoms with Crippen molar-refractivity contribution in [3.05, 3.63) is 48.4 Å². The van der Waals surface area contributed by atoms with Crippen LogP contribution >= 0.6 is 0 Å². The Bertz CT molecular complexity index is 1060. The summed E-state index contributed by atoms with van der Waals surface area (Å²) >= 11 is 0. The van der Waals surface area contributed by atoms with E-state index in [1.807, 2.05) is 0 Å². The van der Waals surface area contributed by atoms with Crippen molar-refractivity contribution >= 4 is 17.7 Å². The smallest absolute Gasteiger partial charge is 0.484 e. The first kappa shape index (κ1) is 25.4. The zero-order valence-electron chi connectivity index (χ0n) is 19.4. The van der Waals surface area contributed by atoms with E-state index in [1.165, 1.54) is 24.5 Å². The number of hydrogen-bond donors (Lipinski definition) is 1. The van der Waals surface area contributed by atoms with Crippen LogP contribution in [0.1, 0.15) is 29.8 Å². The van der Waals surface area contributed by atoms with E-state index in [1.54, 1.807) is 15.9 Å². The van der Waals surface area contributed by atoms with Crippen molar-refractivity contribution in [3.63, 3.8) is 0 Å². The van der Waals surface area contributed by atoms with Gasteiger partial charge in [-0.2, -0.15) is 0 Å². The second-order valence-electron chi connectivity index (χ2n) is 8.91. The second-order valence-corrected chi connectivity index (χ2v) is 8.91. The van der Waals surface area contributed by atoms with E-state index in [0.29, 0.717) is 26.2 Å². The zero-order valence-corrected chi connectivity index (χ0v) is 19.4. The van der Waals surface area contributed by atoms with Crippen LogP contribution in [0.25, 0.3) is 0 Å². The van der Waals surface area contributed by atoms with Crippen LogP contribution in [0.4, 0.5) is 13.2 Å². The Morgan fingerprint density at radius 2 is 1.58 bits per heavy atom. The molecular weight excluding hydrogens is 483 g/mol. The van der Waals surface area contributed by atoms with Crippen LogP contribution in [0.5, 0.6) is 11.5 Å². The number of nitrogens with zero attached hydrogens (tertiary/aromatic N) is 2. The summed E-state index contributed by atoms with van der Waals surface area (Å²) in [6.07, 6.45) is -1.08. The molecule has 0 bridgehead atoms. The number of carbonyl (C=O) groups is 3. The number of rotatable bonds is 7. The monoisotopic (exact) mass is 509 g/mol. The maximum absolute atomic E-state index is 12.6. The molecule has 1 aromatic heterocycles. The van der Waals surface area contributed by atoms with Gasteiger partial charge in [-0.25, -0.2) is 0 Å². The highest BCUT2D eigenvalue weighted by Crippen LogP contribution is 2.40. The van der Waals surface area contributed by atoms with Gasteiger partial charge in [-0.1, -0.05) is 0 Å². The van der Waals surface area contributed by atoms with E-state index in [0.717, 1.165) is 31.4 Å². The SMILES string of the molecule is O=C(NCC(=O)N1CCC2(CC1)CCN(C(=O)COc1ccc(OC(F)(F)F)cc1)C2)c1ccco1. The Kier molecular flexibility index (Phi) is 7.41. The summed E-state index contributed by atoms with van der Waals surface area (Å²) in [4.78, 5) is 40.5. The molecule has 194 valence electrons. The molecule has 1 spiro atoms. The van der Waals surface area contributed by atoms with Gasteiger partial charge in [-0.15, -0.1) is 13.2 Å². The minimum Gasteiger partial charge on any atom is -0.484 e. The first-order valence-corrected chi connectivity index (χ1v) is 11.5. The lowest BCUT2D eigenvalue weighted by Crippen LogP contribution is -2.48. The second kappa shape index (κ2) is 10.5. The number of furan rings is 1. The normalized spacial score (nSPS) is 17.2. The number of piperidine rings is 1. The van der Waals surface area contributed by atoms with Gasteiger partial charge < -0.3 is 29.0 Å². The number of nitrogens with one attached hydrogen (secondary N) is 1. The highest BCUT2D eigenvalue weighted by atomic mass is 19.4. The molecular formula is C24H26F3N3O6. The molecule has 1 aromatic carbocycles. The minimum absolute atomic E-state index is 0.0690. The lowest BCUT2D eigenvalue weighted by molar-refractivity contribution is -0.274. The molecule has 0 atom stereocenters. The fourth-order valence-corrected chi connectivity index (χ4v) is 4.52. The molecule has 2 aliphatic rings. The molecule has 2 aliphatic heterocycles. The van der Waals surface area contributed by atoms with Crippen molar-refractivity contribution in [2.75, 3.05) is 39.3 Å². The van der Waals surface area contributed by atoms with Crippen molar-refractivity contribution in [1.82, 2.24) is 15.1 Å². The molecule has 3 heterocycles. The van der Waals surface area contributed by atoms with E-state index in [9.17, 15) is 27.6 Å². The van der Waals surface area contributed by atoms with Crippen LogP contribution in [-0.2, 0) is 9.59 Å². The third-order valence-electron chi connectivity index (χ3n) is 6.53. The average Bonchev–Trinajstić information content (AvgIpc) is 3.52.